The molecular weight excluding hydrogens is 297 g/mol. The van der Waals surface area contributed by atoms with Gasteiger partial charge in [-0.05, 0) is 35.9 Å². The molecule has 2 aliphatic heterocycles. The van der Waals surface area contributed by atoms with Crippen molar-refractivity contribution in [3.8, 4) is 0 Å². The van der Waals surface area contributed by atoms with E-state index in [1.54, 1.807) is 6.20 Å². The van der Waals surface area contributed by atoms with Crippen molar-refractivity contribution in [2.24, 2.45) is 5.73 Å². The van der Waals surface area contributed by atoms with Crippen LogP contribution < -0.4 is 11.1 Å². The van der Waals surface area contributed by atoms with E-state index < -0.39 is 23.6 Å². The molecule has 0 aliphatic carbocycles. The summed E-state index contributed by atoms with van der Waals surface area (Å²) in [4.78, 5) is 12.5. The Balaban J connectivity index is 1.95. The van der Waals surface area contributed by atoms with Crippen LogP contribution in [0.15, 0.2) is 41.9 Å². The zero-order valence-electron chi connectivity index (χ0n) is 11.4. The van der Waals surface area contributed by atoms with Crippen LogP contribution in [0.3, 0.4) is 0 Å². The predicted octanol–water partition coefficient (Wildman–Crippen LogP) is 2.18. The number of rotatable bonds is 2. The Morgan fingerprint density at radius 1 is 1.32 bits per heavy atom. The van der Waals surface area contributed by atoms with Crippen LogP contribution in [0.4, 0.5) is 13.2 Å². The summed E-state index contributed by atoms with van der Waals surface area (Å²) in [5.41, 5.74) is 5.76. The highest BCUT2D eigenvalue weighted by Crippen LogP contribution is 2.35. The smallest absolute Gasteiger partial charge is 0.416 e. The summed E-state index contributed by atoms with van der Waals surface area (Å²) < 4.78 is 43.7. The van der Waals surface area contributed by atoms with Crippen molar-refractivity contribution in [2.45, 2.75) is 18.7 Å². The second-order valence-electron chi connectivity index (χ2n) is 5.10. The van der Waals surface area contributed by atoms with Gasteiger partial charge in [0.05, 0.1) is 11.1 Å². The highest BCUT2D eigenvalue weighted by Gasteiger charge is 2.39. The van der Waals surface area contributed by atoms with Gasteiger partial charge in [-0.1, -0.05) is 12.1 Å². The molecule has 0 saturated carbocycles. The Morgan fingerprint density at radius 2 is 2.09 bits per heavy atom. The first kappa shape index (κ1) is 14.5. The Kier molecular flexibility index (Phi) is 3.35. The predicted molar refractivity (Wildman–Crippen MR) is 73.1 cm³/mol. The maximum Gasteiger partial charge on any atom is 0.416 e. The lowest BCUT2D eigenvalue weighted by Gasteiger charge is -2.10. The number of ketones is 1. The molecule has 0 bridgehead atoms. The van der Waals surface area contributed by atoms with Crippen molar-refractivity contribution in [3.63, 3.8) is 0 Å². The van der Waals surface area contributed by atoms with Gasteiger partial charge in [0.25, 0.3) is 0 Å². The lowest BCUT2D eigenvalue weighted by molar-refractivity contribution is -0.137. The number of ether oxygens (including phenoxy) is 1. The molecule has 3 N–H and O–H groups in total. The molecule has 0 fully saturated rings. The van der Waals surface area contributed by atoms with Crippen LogP contribution in [0, 0.1) is 0 Å². The molecule has 2 heterocycles. The first-order valence-corrected chi connectivity index (χ1v) is 6.68. The van der Waals surface area contributed by atoms with Crippen molar-refractivity contribution in [3.05, 3.63) is 53.0 Å². The number of nitrogens with two attached hydrogens (primary N) is 1. The maximum absolute atomic E-state index is 12.8. The molecule has 0 amide bonds. The van der Waals surface area contributed by atoms with Crippen molar-refractivity contribution in [1.29, 1.82) is 0 Å². The largest absolute Gasteiger partial charge is 0.463 e. The fourth-order valence-electron chi connectivity index (χ4n) is 2.57. The molecule has 1 aromatic rings. The number of hydrogen-bond acceptors (Lipinski definition) is 4. The third-order valence-electron chi connectivity index (χ3n) is 3.64. The summed E-state index contributed by atoms with van der Waals surface area (Å²) >= 11 is 0. The van der Waals surface area contributed by atoms with Gasteiger partial charge in [-0.25, -0.2) is 0 Å². The first-order valence-electron chi connectivity index (χ1n) is 6.68. The molecule has 0 radical (unpaired) electrons. The molecule has 0 aromatic heterocycles. The van der Waals surface area contributed by atoms with E-state index in [2.05, 4.69) is 5.32 Å². The molecule has 22 heavy (non-hydrogen) atoms. The van der Waals surface area contributed by atoms with Gasteiger partial charge in [-0.2, -0.15) is 13.2 Å². The van der Waals surface area contributed by atoms with Gasteiger partial charge in [-0.3, -0.25) is 4.79 Å². The summed E-state index contributed by atoms with van der Waals surface area (Å²) in [5.74, 6) is -0.547. The quantitative estimate of drug-likeness (QED) is 0.879. The number of nitrogens with one attached hydrogen (secondary N) is 1. The fraction of sp³-hybridized carbons (Fsp3) is 0.267. The zero-order chi connectivity index (χ0) is 15.9. The molecule has 1 aromatic carbocycles. The summed E-state index contributed by atoms with van der Waals surface area (Å²) in [6.07, 6.45) is -3.00. The van der Waals surface area contributed by atoms with Gasteiger partial charge in [0.1, 0.15) is 0 Å². The number of carbonyl (C=O) groups excluding carboxylic acids is 1. The fourth-order valence-corrected chi connectivity index (χ4v) is 2.57. The van der Waals surface area contributed by atoms with Crippen LogP contribution in [0.5, 0.6) is 0 Å². The molecule has 4 nitrogen and oxygen atoms in total. The molecule has 3 rings (SSSR count). The third kappa shape index (κ3) is 2.43. The van der Waals surface area contributed by atoms with Gasteiger partial charge in [-0.15, -0.1) is 0 Å². The maximum atomic E-state index is 12.8. The van der Waals surface area contributed by atoms with Crippen LogP contribution in [-0.2, 0) is 15.7 Å². The molecule has 1 atom stereocenters. The summed E-state index contributed by atoms with van der Waals surface area (Å²) in [6.45, 7) is 0.696. The van der Waals surface area contributed by atoms with Crippen LogP contribution in [0.25, 0.3) is 5.57 Å². The van der Waals surface area contributed by atoms with Gasteiger partial charge < -0.3 is 15.8 Å². The highest BCUT2D eigenvalue weighted by atomic mass is 19.4. The van der Waals surface area contributed by atoms with Gasteiger partial charge >= 0.3 is 6.18 Å². The summed E-state index contributed by atoms with van der Waals surface area (Å²) in [5, 5.41) is 2.97. The Hall–Kier alpha value is -2.44. The molecule has 1 unspecified atom stereocenters. The first-order chi connectivity index (χ1) is 10.4. The molecule has 116 valence electrons. The molecule has 0 saturated heterocycles. The number of carbonyl (C=O) groups is 1. The van der Waals surface area contributed by atoms with Crippen molar-refractivity contribution in [2.75, 3.05) is 6.54 Å². The van der Waals surface area contributed by atoms with E-state index in [-0.39, 0.29) is 17.0 Å². The average molecular weight is 310 g/mol. The van der Waals surface area contributed by atoms with Crippen LogP contribution >= 0.6 is 0 Å². The molecular formula is C15H13F3N2O2. The monoisotopic (exact) mass is 310 g/mol. The zero-order valence-corrected chi connectivity index (χ0v) is 11.4. The van der Waals surface area contributed by atoms with Gasteiger partial charge in [0.2, 0.25) is 5.78 Å². The summed E-state index contributed by atoms with van der Waals surface area (Å²) in [6, 6.07) is 4.52. The minimum Gasteiger partial charge on any atom is -0.463 e. The van der Waals surface area contributed by atoms with E-state index in [1.165, 1.54) is 12.1 Å². The minimum absolute atomic E-state index is 0.00361. The number of Topliss-reactive ketones (excluding diaryl/α,β-unsaturated/α-hetero) is 1. The topological polar surface area (TPSA) is 64.4 Å². The van der Waals surface area contributed by atoms with E-state index in [0.717, 1.165) is 17.7 Å². The van der Waals surface area contributed by atoms with E-state index in [0.29, 0.717) is 13.0 Å². The number of halogens is 3. The lowest BCUT2D eigenvalue weighted by Crippen LogP contribution is -2.20. The van der Waals surface area contributed by atoms with Crippen LogP contribution in [0.2, 0.25) is 0 Å². The van der Waals surface area contributed by atoms with Gasteiger partial charge in [0.15, 0.2) is 12.0 Å². The van der Waals surface area contributed by atoms with Crippen LogP contribution in [-0.4, -0.2) is 18.4 Å². The van der Waals surface area contributed by atoms with Crippen molar-refractivity contribution >= 4 is 11.4 Å². The summed E-state index contributed by atoms with van der Waals surface area (Å²) in [7, 11) is 0. The Morgan fingerprint density at radius 3 is 2.73 bits per heavy atom. The van der Waals surface area contributed by atoms with Crippen molar-refractivity contribution in [1.82, 2.24) is 5.32 Å². The van der Waals surface area contributed by atoms with Gasteiger partial charge in [0, 0.05) is 6.54 Å². The van der Waals surface area contributed by atoms with E-state index in [1.807, 2.05) is 0 Å². The Labute approximate surface area is 124 Å². The minimum atomic E-state index is -4.48. The Bertz CT molecular complexity index is 692. The number of alkyl halides is 3. The molecule has 0 spiro atoms. The molecule has 7 heteroatoms. The normalized spacial score (nSPS) is 21.7. The van der Waals surface area contributed by atoms with E-state index in [9.17, 15) is 18.0 Å². The molecule has 2 aliphatic rings. The highest BCUT2D eigenvalue weighted by molar-refractivity contribution is 6.26. The van der Waals surface area contributed by atoms with Crippen molar-refractivity contribution < 1.29 is 22.7 Å². The lowest BCUT2D eigenvalue weighted by atomic mass is 9.95. The number of hydrogen-bond donors (Lipinski definition) is 2. The second kappa shape index (κ2) is 5.08. The van der Waals surface area contributed by atoms with E-state index >= 15 is 0 Å². The standard InChI is InChI=1S/C15H13F3N2O2/c16-15(17,18)10-3-1-2-8(6-10)11-12(21)13(22-14(11)19)9-4-5-20-7-9/h1-3,6-7,13,20H,4-5,19H2. The SMILES string of the molecule is NC1=C(c2cccc(C(F)(F)F)c2)C(=O)C(C2=CNCC2)O1. The second-order valence-corrected chi connectivity index (χ2v) is 5.10. The van der Waals surface area contributed by atoms with Crippen LogP contribution in [0.1, 0.15) is 17.5 Å². The van der Waals surface area contributed by atoms with E-state index in [4.69, 9.17) is 10.5 Å². The number of benzene rings is 1. The third-order valence-corrected chi connectivity index (χ3v) is 3.64. The average Bonchev–Trinajstić information content (AvgIpc) is 3.06.